The molecule has 0 fully saturated rings. The van der Waals surface area contributed by atoms with Crippen LogP contribution in [0.5, 0.6) is 0 Å². The van der Waals surface area contributed by atoms with Gasteiger partial charge in [0.15, 0.2) is 0 Å². The van der Waals surface area contributed by atoms with E-state index in [1.54, 1.807) is 0 Å². The first kappa shape index (κ1) is 7.77. The van der Waals surface area contributed by atoms with Crippen molar-refractivity contribution in [3.63, 3.8) is 0 Å². The van der Waals surface area contributed by atoms with Crippen LogP contribution in [0.4, 0.5) is 0 Å². The molecule has 0 saturated carbocycles. The smallest absolute Gasteiger partial charge is 0.234 e. The molecular weight excluding hydrogens is 179 g/mol. The zero-order valence-corrected chi connectivity index (χ0v) is 6.18. The maximum Gasteiger partial charge on any atom is 0.234 e. The predicted octanol–water partition coefficient (Wildman–Crippen LogP) is 2.81. The zero-order valence-electron chi connectivity index (χ0n) is 3.01. The van der Waals surface area contributed by atoms with Crippen LogP contribution >= 0.6 is 38.8 Å². The van der Waals surface area contributed by atoms with Gasteiger partial charge in [-0.3, -0.25) is 4.79 Å². The SMILES string of the molecule is O=CN=P(Cl)(Cl)Cl. The summed E-state index contributed by atoms with van der Waals surface area (Å²) in [7, 11) is 0. The minimum Gasteiger partial charge on any atom is -0.276 e. The third kappa shape index (κ3) is 6.77. The van der Waals surface area contributed by atoms with Gasteiger partial charge in [0, 0.05) is 0 Å². The van der Waals surface area contributed by atoms with E-state index in [0.717, 1.165) is 0 Å². The molecule has 0 bridgehead atoms. The Labute approximate surface area is 55.2 Å². The van der Waals surface area contributed by atoms with Crippen LogP contribution in [0.25, 0.3) is 0 Å². The lowest BCUT2D eigenvalue weighted by Crippen LogP contribution is -1.50. The van der Waals surface area contributed by atoms with E-state index >= 15 is 0 Å². The van der Waals surface area contributed by atoms with Crippen LogP contribution in [-0.2, 0) is 4.79 Å². The Morgan fingerprint density at radius 3 is 1.86 bits per heavy atom. The summed E-state index contributed by atoms with van der Waals surface area (Å²) >= 11 is 15.2. The molecule has 0 saturated heterocycles. The summed E-state index contributed by atoms with van der Waals surface area (Å²) in [5, 5.41) is -2.74. The Bertz CT molecular complexity index is 108. The minimum atomic E-state index is -2.74. The third-order valence-electron chi connectivity index (χ3n) is 0.178. The first-order chi connectivity index (χ1) is 3.06. The number of rotatable bonds is 1. The van der Waals surface area contributed by atoms with Crippen molar-refractivity contribution >= 4 is 45.2 Å². The molecule has 0 aromatic heterocycles. The highest BCUT2D eigenvalue weighted by Gasteiger charge is 2.01. The van der Waals surface area contributed by atoms with Crippen molar-refractivity contribution in [3.05, 3.63) is 0 Å². The second-order valence-corrected chi connectivity index (χ2v) is 7.67. The molecule has 0 spiro atoms. The lowest BCUT2D eigenvalue weighted by atomic mass is 11.5. The average molecular weight is 180 g/mol. The van der Waals surface area contributed by atoms with E-state index in [1.807, 2.05) is 0 Å². The van der Waals surface area contributed by atoms with Gasteiger partial charge in [0.05, 0.1) is 0 Å². The molecule has 0 aliphatic carbocycles. The first-order valence-electron chi connectivity index (χ1n) is 1.20. The van der Waals surface area contributed by atoms with E-state index in [2.05, 4.69) is 4.74 Å². The highest BCUT2D eigenvalue weighted by atomic mass is 36.0. The Kier molecular flexibility index (Phi) is 3.25. The van der Waals surface area contributed by atoms with Crippen molar-refractivity contribution in [1.82, 2.24) is 0 Å². The highest BCUT2D eigenvalue weighted by Crippen LogP contribution is 2.64. The van der Waals surface area contributed by atoms with Crippen LogP contribution in [0.3, 0.4) is 0 Å². The van der Waals surface area contributed by atoms with E-state index in [4.69, 9.17) is 33.7 Å². The van der Waals surface area contributed by atoms with E-state index in [0.29, 0.717) is 0 Å². The predicted molar refractivity (Wildman–Crippen MR) is 33.0 cm³/mol. The summed E-state index contributed by atoms with van der Waals surface area (Å²) in [6.45, 7) is 0. The van der Waals surface area contributed by atoms with Gasteiger partial charge in [-0.25, -0.2) is 0 Å². The standard InChI is InChI=1S/CHCl3NOP/c2-7(3,4)5-1-6/h1H. The molecule has 1 amide bonds. The maximum absolute atomic E-state index is 9.43. The van der Waals surface area contributed by atoms with E-state index in [-0.39, 0.29) is 6.41 Å². The van der Waals surface area contributed by atoms with Crippen LogP contribution in [-0.4, -0.2) is 6.41 Å². The van der Waals surface area contributed by atoms with Crippen molar-refractivity contribution in [2.75, 3.05) is 0 Å². The number of halogens is 3. The summed E-state index contributed by atoms with van der Waals surface area (Å²) < 4.78 is 2.98. The Hall–Kier alpha value is 0.770. The van der Waals surface area contributed by atoms with Crippen molar-refractivity contribution in [2.45, 2.75) is 0 Å². The van der Waals surface area contributed by atoms with E-state index in [9.17, 15) is 4.79 Å². The van der Waals surface area contributed by atoms with Crippen molar-refractivity contribution < 1.29 is 4.79 Å². The monoisotopic (exact) mass is 179 g/mol. The molecule has 6 heteroatoms. The molecule has 0 aromatic carbocycles. The number of carbonyl (C=O) groups is 1. The molecule has 0 unspecified atom stereocenters. The van der Waals surface area contributed by atoms with Crippen LogP contribution in [0.2, 0.25) is 0 Å². The second kappa shape index (κ2) is 2.93. The summed E-state index contributed by atoms with van der Waals surface area (Å²) in [5.74, 6) is 0. The fraction of sp³-hybridized carbons (Fsp3) is 0. The van der Waals surface area contributed by atoms with Gasteiger partial charge in [0.25, 0.3) is 0 Å². The number of carbonyl (C=O) groups excluding carboxylic acids is 1. The topological polar surface area (TPSA) is 29.4 Å². The summed E-state index contributed by atoms with van der Waals surface area (Å²) in [5.41, 5.74) is 0. The quantitative estimate of drug-likeness (QED) is 0.451. The number of hydrogen-bond acceptors (Lipinski definition) is 1. The Morgan fingerprint density at radius 2 is 1.86 bits per heavy atom. The van der Waals surface area contributed by atoms with Crippen molar-refractivity contribution in [1.29, 1.82) is 0 Å². The van der Waals surface area contributed by atoms with Gasteiger partial charge >= 0.3 is 0 Å². The number of amides is 1. The van der Waals surface area contributed by atoms with Gasteiger partial charge < -0.3 is 0 Å². The fourth-order valence-electron chi connectivity index (χ4n) is 0.0535. The van der Waals surface area contributed by atoms with Gasteiger partial charge in [-0.2, -0.15) is 4.74 Å². The molecule has 0 N–H and O–H groups in total. The molecule has 7 heavy (non-hydrogen) atoms. The zero-order chi connectivity index (χ0) is 5.91. The van der Waals surface area contributed by atoms with E-state index < -0.39 is 5.11 Å². The summed E-state index contributed by atoms with van der Waals surface area (Å²) in [4.78, 5) is 9.43. The molecule has 2 nitrogen and oxygen atoms in total. The molecule has 0 aliphatic heterocycles. The lowest BCUT2D eigenvalue weighted by Gasteiger charge is -1.86. The third-order valence-corrected chi connectivity index (χ3v) is 1.32. The van der Waals surface area contributed by atoms with Gasteiger partial charge in [-0.05, 0) is 33.7 Å². The van der Waals surface area contributed by atoms with Gasteiger partial charge in [0.2, 0.25) is 11.5 Å². The summed E-state index contributed by atoms with van der Waals surface area (Å²) in [6, 6.07) is 0. The number of nitrogens with zero attached hydrogens (tertiary/aromatic N) is 1. The number of hydrogen-bond donors (Lipinski definition) is 0. The Balaban J connectivity index is 3.98. The van der Waals surface area contributed by atoms with Crippen molar-refractivity contribution in [2.24, 2.45) is 4.74 Å². The molecular formula is CHCl3NOP. The fourth-order valence-corrected chi connectivity index (χ4v) is 0.481. The molecule has 42 valence electrons. The molecule has 0 radical (unpaired) electrons. The van der Waals surface area contributed by atoms with Gasteiger partial charge in [-0.15, -0.1) is 0 Å². The average Bonchev–Trinajstić information content (AvgIpc) is 1.30. The van der Waals surface area contributed by atoms with Crippen LogP contribution in [0.15, 0.2) is 4.74 Å². The summed E-state index contributed by atoms with van der Waals surface area (Å²) in [6.07, 6.45) is 0.237. The van der Waals surface area contributed by atoms with Crippen LogP contribution in [0.1, 0.15) is 0 Å². The van der Waals surface area contributed by atoms with Crippen LogP contribution < -0.4 is 0 Å². The van der Waals surface area contributed by atoms with Crippen LogP contribution in [0, 0.1) is 0 Å². The van der Waals surface area contributed by atoms with Crippen molar-refractivity contribution in [3.8, 4) is 0 Å². The first-order valence-corrected chi connectivity index (χ1v) is 5.66. The maximum atomic E-state index is 9.43. The molecule has 0 aliphatic rings. The molecule has 0 aromatic rings. The lowest BCUT2D eigenvalue weighted by molar-refractivity contribution is -0.106. The van der Waals surface area contributed by atoms with Gasteiger partial charge in [0.1, 0.15) is 0 Å². The minimum absolute atomic E-state index is 0.237. The second-order valence-electron chi connectivity index (χ2n) is 0.639. The van der Waals surface area contributed by atoms with E-state index in [1.165, 1.54) is 0 Å². The Morgan fingerprint density at radius 1 is 1.43 bits per heavy atom. The largest absolute Gasteiger partial charge is 0.276 e. The molecule has 0 heterocycles. The normalized spacial score (nSPS) is 10.7. The van der Waals surface area contributed by atoms with Gasteiger partial charge in [-0.1, -0.05) is 0 Å². The molecule has 0 atom stereocenters. The highest BCUT2D eigenvalue weighted by molar-refractivity contribution is 8.26. The molecule has 0 rings (SSSR count).